The van der Waals surface area contributed by atoms with Crippen molar-refractivity contribution in [3.8, 4) is 10.8 Å². The van der Waals surface area contributed by atoms with E-state index in [1.165, 1.54) is 11.3 Å². The van der Waals surface area contributed by atoms with Crippen LogP contribution in [0.3, 0.4) is 0 Å². The Labute approximate surface area is 151 Å². The smallest absolute Gasteiger partial charge is 0.327 e. The van der Waals surface area contributed by atoms with Crippen LogP contribution in [0.5, 0.6) is 0 Å². The fourth-order valence-electron chi connectivity index (χ4n) is 2.58. The molecule has 3 aromatic heterocycles. The highest BCUT2D eigenvalue weighted by Gasteiger charge is 2.23. The Bertz CT molecular complexity index is 921. The van der Waals surface area contributed by atoms with Crippen LogP contribution in [0.25, 0.3) is 16.9 Å². The Morgan fingerprint density at radius 1 is 1.27 bits per heavy atom. The highest BCUT2D eigenvalue weighted by molar-refractivity contribution is 7.13. The van der Waals surface area contributed by atoms with E-state index in [0.717, 1.165) is 17.3 Å². The molecule has 0 amide bonds. The largest absolute Gasteiger partial charge is 0.409 e. The molecule has 0 aliphatic rings. The number of nitrogens with zero attached hydrogens (tertiary/aromatic N) is 5. The molecule has 136 valence electrons. The second kappa shape index (κ2) is 7.24. The number of thiazole rings is 1. The van der Waals surface area contributed by atoms with Crippen molar-refractivity contribution < 1.29 is 13.2 Å². The molecule has 0 spiro atoms. The summed E-state index contributed by atoms with van der Waals surface area (Å²) < 4.78 is 41.1. The number of alkyl halides is 3. The van der Waals surface area contributed by atoms with Gasteiger partial charge in [-0.3, -0.25) is 0 Å². The number of allylic oxidation sites excluding steroid dienone is 1. The lowest BCUT2D eigenvalue weighted by Gasteiger charge is -2.10. The van der Waals surface area contributed by atoms with Crippen LogP contribution in [0, 0.1) is 5.41 Å². The number of halogens is 3. The molecule has 0 saturated carbocycles. The molecule has 0 atom stereocenters. The summed E-state index contributed by atoms with van der Waals surface area (Å²) in [4.78, 5) is 12.9. The van der Waals surface area contributed by atoms with Crippen molar-refractivity contribution >= 4 is 23.6 Å². The van der Waals surface area contributed by atoms with Gasteiger partial charge in [-0.05, 0) is 13.0 Å². The summed E-state index contributed by atoms with van der Waals surface area (Å²) in [5.41, 5.74) is 0.448. The average molecular weight is 380 g/mol. The van der Waals surface area contributed by atoms with E-state index < -0.39 is 6.18 Å². The van der Waals surface area contributed by atoms with Crippen LogP contribution in [-0.4, -0.2) is 36.5 Å². The van der Waals surface area contributed by atoms with Crippen molar-refractivity contribution in [2.75, 3.05) is 0 Å². The van der Waals surface area contributed by atoms with Crippen LogP contribution in [0.15, 0.2) is 30.0 Å². The van der Waals surface area contributed by atoms with E-state index >= 15 is 0 Å². The van der Waals surface area contributed by atoms with E-state index in [-0.39, 0.29) is 17.5 Å². The van der Waals surface area contributed by atoms with Gasteiger partial charge >= 0.3 is 6.18 Å². The fraction of sp³-hybridized carbons (Fsp3) is 0.250. The number of hydrogen-bond acceptors (Lipinski definition) is 5. The van der Waals surface area contributed by atoms with Crippen molar-refractivity contribution in [3.63, 3.8) is 0 Å². The fourth-order valence-corrected chi connectivity index (χ4v) is 3.23. The molecular formula is C16H15F3N6S. The van der Waals surface area contributed by atoms with Crippen LogP contribution in [-0.2, 0) is 13.1 Å². The molecule has 0 saturated heterocycles. The van der Waals surface area contributed by atoms with Gasteiger partial charge in [-0.2, -0.15) is 13.2 Å². The minimum absolute atomic E-state index is 0.158. The molecule has 0 unspecified atom stereocenters. The minimum Gasteiger partial charge on any atom is -0.327 e. The predicted molar refractivity (Wildman–Crippen MR) is 93.3 cm³/mol. The minimum atomic E-state index is -4.43. The number of aromatic nitrogens is 5. The maximum Gasteiger partial charge on any atom is 0.409 e. The van der Waals surface area contributed by atoms with Crippen molar-refractivity contribution in [3.05, 3.63) is 47.3 Å². The maximum atomic E-state index is 12.5. The lowest BCUT2D eigenvalue weighted by molar-refractivity contribution is -0.0790. The second-order valence-corrected chi connectivity index (χ2v) is 6.17. The summed E-state index contributed by atoms with van der Waals surface area (Å²) >= 11 is 1.45. The average Bonchev–Trinajstić information content (AvgIpc) is 3.31. The van der Waals surface area contributed by atoms with Crippen molar-refractivity contribution in [2.45, 2.75) is 26.2 Å². The van der Waals surface area contributed by atoms with Gasteiger partial charge in [0.25, 0.3) is 0 Å². The quantitative estimate of drug-likeness (QED) is 0.661. The summed E-state index contributed by atoms with van der Waals surface area (Å²) in [5.74, 6) is 1.21. The predicted octanol–water partition coefficient (Wildman–Crippen LogP) is 3.84. The van der Waals surface area contributed by atoms with E-state index in [4.69, 9.17) is 5.41 Å². The summed E-state index contributed by atoms with van der Waals surface area (Å²) in [6.45, 7) is 2.55. The van der Waals surface area contributed by atoms with E-state index in [0.29, 0.717) is 24.7 Å². The molecule has 3 rings (SSSR count). The first-order valence-electron chi connectivity index (χ1n) is 7.69. The van der Waals surface area contributed by atoms with Gasteiger partial charge in [0, 0.05) is 42.8 Å². The van der Waals surface area contributed by atoms with Gasteiger partial charge in [-0.15, -0.1) is 11.3 Å². The van der Waals surface area contributed by atoms with Crippen molar-refractivity contribution in [1.82, 2.24) is 24.1 Å². The monoisotopic (exact) mass is 380 g/mol. The molecule has 6 nitrogen and oxygen atoms in total. The van der Waals surface area contributed by atoms with Crippen LogP contribution >= 0.6 is 11.3 Å². The van der Waals surface area contributed by atoms with E-state index in [9.17, 15) is 13.2 Å². The Kier molecular flexibility index (Phi) is 5.03. The molecule has 10 heteroatoms. The molecule has 3 heterocycles. The number of imidazole rings is 2. The summed E-state index contributed by atoms with van der Waals surface area (Å²) in [5, 5.41) is 10.1. The molecule has 0 bridgehead atoms. The molecule has 3 aromatic rings. The Morgan fingerprint density at radius 2 is 2.08 bits per heavy atom. The van der Waals surface area contributed by atoms with Crippen LogP contribution in [0.4, 0.5) is 13.2 Å². The lowest BCUT2D eigenvalue weighted by Crippen LogP contribution is -2.10. The van der Waals surface area contributed by atoms with Crippen LogP contribution in [0.2, 0.25) is 0 Å². The van der Waals surface area contributed by atoms with E-state index in [1.807, 2.05) is 16.9 Å². The molecule has 0 aromatic carbocycles. The molecule has 0 aliphatic carbocycles. The van der Waals surface area contributed by atoms with E-state index in [2.05, 4.69) is 15.0 Å². The van der Waals surface area contributed by atoms with E-state index in [1.54, 1.807) is 23.2 Å². The van der Waals surface area contributed by atoms with Gasteiger partial charge in [0.05, 0.1) is 12.2 Å². The Balaban J connectivity index is 1.99. The Morgan fingerprint density at radius 3 is 2.69 bits per heavy atom. The van der Waals surface area contributed by atoms with Crippen molar-refractivity contribution in [1.29, 1.82) is 5.41 Å². The molecule has 0 aliphatic heterocycles. The van der Waals surface area contributed by atoms with Gasteiger partial charge in [-0.1, -0.05) is 0 Å². The third-order valence-electron chi connectivity index (χ3n) is 3.65. The maximum absolute atomic E-state index is 12.5. The Hall–Kier alpha value is -2.75. The zero-order chi connectivity index (χ0) is 18.7. The van der Waals surface area contributed by atoms with Crippen LogP contribution < -0.4 is 0 Å². The normalized spacial score (nSPS) is 12.2. The molecule has 0 radical (unpaired) electrons. The third-order valence-corrected chi connectivity index (χ3v) is 4.42. The summed E-state index contributed by atoms with van der Waals surface area (Å²) in [7, 11) is 0. The van der Waals surface area contributed by atoms with Gasteiger partial charge in [0.2, 0.25) is 0 Å². The molecular weight excluding hydrogens is 365 g/mol. The first-order chi connectivity index (χ1) is 12.4. The zero-order valence-corrected chi connectivity index (χ0v) is 14.6. The topological polar surface area (TPSA) is 72.4 Å². The third kappa shape index (κ3) is 3.74. The second-order valence-electron chi connectivity index (χ2n) is 5.28. The highest BCUT2D eigenvalue weighted by atomic mass is 32.1. The van der Waals surface area contributed by atoms with Crippen LogP contribution in [0.1, 0.15) is 24.1 Å². The van der Waals surface area contributed by atoms with Gasteiger partial charge < -0.3 is 14.5 Å². The standard InChI is InChI=1S/C16H15F3N6S/c1-2-25-12(3-4-16(17,18)19)11(9-20)23-13(25)10-24-7-5-21-14(24)15-22-6-8-26-15/h3-9,20H,2,10H2,1H3. The SMILES string of the molecule is CCn1c(Cn2ccnc2-c2nccs2)nc(C=N)c1C=CC(F)(F)F. The molecule has 1 N–H and O–H groups in total. The first-order valence-corrected chi connectivity index (χ1v) is 8.57. The molecule has 0 fully saturated rings. The van der Waals surface area contributed by atoms with Gasteiger partial charge in [-0.25, -0.2) is 15.0 Å². The number of rotatable bonds is 6. The highest BCUT2D eigenvalue weighted by Crippen LogP contribution is 2.23. The summed E-state index contributed by atoms with van der Waals surface area (Å²) in [6, 6.07) is 0. The van der Waals surface area contributed by atoms with Gasteiger partial charge in [0.15, 0.2) is 10.8 Å². The molecule has 26 heavy (non-hydrogen) atoms. The lowest BCUT2D eigenvalue weighted by atomic mass is 10.3. The first kappa shape index (κ1) is 18.1. The number of nitrogens with one attached hydrogen (secondary N) is 1. The van der Waals surface area contributed by atoms with Gasteiger partial charge in [0.1, 0.15) is 11.5 Å². The van der Waals surface area contributed by atoms with Crippen molar-refractivity contribution in [2.24, 2.45) is 0 Å². The summed E-state index contributed by atoms with van der Waals surface area (Å²) in [6.07, 6.45) is 2.73. The zero-order valence-electron chi connectivity index (χ0n) is 13.7. The number of hydrogen-bond donors (Lipinski definition) is 1.